The van der Waals surface area contributed by atoms with Gasteiger partial charge in [-0.25, -0.2) is 22.9 Å². The fourth-order valence-electron chi connectivity index (χ4n) is 10.4. The molecule has 1 aliphatic carbocycles. The Labute approximate surface area is 367 Å². The molecule has 0 spiro atoms. The highest BCUT2D eigenvalue weighted by Crippen LogP contribution is 2.53. The Bertz CT molecular complexity index is 3100. The number of carbonyl (C=O) groups is 2. The third-order valence-electron chi connectivity index (χ3n) is 13.8. The fraction of sp³-hybridized carbons (Fsp3) is 0.383. The van der Waals surface area contributed by atoms with E-state index in [0.717, 1.165) is 29.3 Å². The number of rotatable bonds is 7. The predicted molar refractivity (Wildman–Crippen MR) is 236 cm³/mol. The van der Waals surface area contributed by atoms with Crippen molar-refractivity contribution in [3.05, 3.63) is 106 Å². The summed E-state index contributed by atoms with van der Waals surface area (Å²) in [5.41, 5.74) is 11.5. The number of amidine groups is 1. The number of halogens is 2. The van der Waals surface area contributed by atoms with Crippen molar-refractivity contribution in [2.75, 3.05) is 13.2 Å². The monoisotopic (exact) mass is 869 g/mol. The van der Waals surface area contributed by atoms with Gasteiger partial charge in [-0.2, -0.15) is 15.2 Å². The quantitative estimate of drug-likeness (QED) is 0.119. The van der Waals surface area contributed by atoms with Crippen LogP contribution in [-0.2, 0) is 23.7 Å². The topological polar surface area (TPSA) is 176 Å². The molecule has 4 aromatic heterocycles. The zero-order chi connectivity index (χ0) is 45.1. The van der Waals surface area contributed by atoms with E-state index in [1.165, 1.54) is 10.9 Å². The molecule has 1 saturated carbocycles. The Hall–Kier alpha value is -6.75. The van der Waals surface area contributed by atoms with Crippen LogP contribution in [0.5, 0.6) is 0 Å². The van der Waals surface area contributed by atoms with Gasteiger partial charge in [-0.3, -0.25) is 9.48 Å². The molecule has 0 radical (unpaired) electrons. The number of aryl methyl sites for hydroxylation is 3. The number of aromatic nitrogens is 8. The van der Waals surface area contributed by atoms with Crippen molar-refractivity contribution < 1.29 is 28.2 Å². The van der Waals surface area contributed by atoms with Crippen molar-refractivity contribution in [2.45, 2.75) is 90.3 Å². The Morgan fingerprint density at radius 3 is 2.44 bits per heavy atom. The van der Waals surface area contributed by atoms with Crippen molar-refractivity contribution in [1.82, 2.24) is 44.0 Å². The van der Waals surface area contributed by atoms with Crippen LogP contribution in [0.3, 0.4) is 0 Å². The van der Waals surface area contributed by atoms with Crippen LogP contribution in [0.1, 0.15) is 97.4 Å². The van der Waals surface area contributed by atoms with Gasteiger partial charge in [0.15, 0.2) is 5.82 Å². The van der Waals surface area contributed by atoms with Crippen molar-refractivity contribution in [3.63, 3.8) is 0 Å². The SMILES string of the molecule is Cc1cc(-n2nc3c(c2-n2cc(-c4ccc5c(cnn5C)c4F)nn2)[C@H](C)N(C(=O)c2cc4cc([C@H]5CCOC(C)(C)C5)ccc4n2[C@@]2(/C(N)=N/C(=O)O)C[C@@H]2C)CC3)cc(C)c1F. The Morgan fingerprint density at radius 2 is 1.73 bits per heavy atom. The van der Waals surface area contributed by atoms with Gasteiger partial charge >= 0.3 is 6.09 Å². The van der Waals surface area contributed by atoms with E-state index in [1.54, 1.807) is 65.6 Å². The lowest BCUT2D eigenvalue weighted by Crippen LogP contribution is -2.43. The average Bonchev–Trinajstić information content (AvgIpc) is 3.76. The minimum absolute atomic E-state index is 0.0715. The number of amides is 2. The average molecular weight is 870 g/mol. The summed E-state index contributed by atoms with van der Waals surface area (Å²) >= 11 is 0. The number of hydrogen-bond donors (Lipinski definition) is 2. The number of ether oxygens (including phenoxy) is 1. The van der Waals surface area contributed by atoms with Gasteiger partial charge < -0.3 is 25.0 Å². The number of hydrogen-bond acceptors (Lipinski definition) is 7. The maximum absolute atomic E-state index is 16.0. The van der Waals surface area contributed by atoms with Gasteiger partial charge in [0.05, 0.1) is 46.3 Å². The lowest BCUT2D eigenvalue weighted by Gasteiger charge is -2.35. The molecule has 2 amide bonds. The van der Waals surface area contributed by atoms with Crippen LogP contribution in [-0.4, -0.2) is 85.7 Å². The molecule has 0 unspecified atom stereocenters. The van der Waals surface area contributed by atoms with Gasteiger partial charge in [0, 0.05) is 48.6 Å². The molecule has 64 heavy (non-hydrogen) atoms. The van der Waals surface area contributed by atoms with Gasteiger partial charge in [0.1, 0.15) is 34.4 Å². The third-order valence-corrected chi connectivity index (χ3v) is 13.8. The number of fused-ring (bicyclic) bond motifs is 3. The van der Waals surface area contributed by atoms with E-state index in [2.05, 4.69) is 46.4 Å². The first-order valence-corrected chi connectivity index (χ1v) is 21.6. The molecule has 1 saturated heterocycles. The highest BCUT2D eigenvalue weighted by molar-refractivity contribution is 6.04. The maximum Gasteiger partial charge on any atom is 0.432 e. The summed E-state index contributed by atoms with van der Waals surface area (Å²) < 4.78 is 43.9. The first-order chi connectivity index (χ1) is 30.5. The van der Waals surface area contributed by atoms with Crippen LogP contribution >= 0.6 is 0 Å². The summed E-state index contributed by atoms with van der Waals surface area (Å²) in [6, 6.07) is 14.4. The summed E-state index contributed by atoms with van der Waals surface area (Å²) in [5, 5.41) is 29.2. The van der Waals surface area contributed by atoms with Gasteiger partial charge in [0.2, 0.25) is 0 Å². The number of aliphatic imine (C=N–C) groups is 1. The standard InChI is InChI=1S/C47H49F2N11O4/c1-24-16-31(17-25(2)40(24)48)60-42(58-23-35(53-55-58)32-9-11-37-33(41(32)49)22-51-56(37)7)39-27(4)57(14-12-34(39)54-60)43(61)38-19-30-18-28(29-13-15-64-46(5,6)21-29)8-10-36(30)59(38)47(20-26(47)3)44(50)52-45(62)63/h8-11,16-19,22-23,26-27,29H,12-15,20-21H2,1-7H3,(H2,50,52)(H,62,63)/t26-,27-,29-,47-/m0/s1. The lowest BCUT2D eigenvalue weighted by molar-refractivity contribution is -0.0592. The van der Waals surface area contributed by atoms with Crippen LogP contribution in [0.15, 0.2) is 65.9 Å². The summed E-state index contributed by atoms with van der Waals surface area (Å²) in [7, 11) is 1.74. The van der Waals surface area contributed by atoms with E-state index in [-0.39, 0.29) is 46.3 Å². The second kappa shape index (κ2) is 14.7. The smallest absolute Gasteiger partial charge is 0.432 e. The van der Waals surface area contributed by atoms with Crippen molar-refractivity contribution in [2.24, 2.45) is 23.7 Å². The van der Waals surface area contributed by atoms with E-state index in [1.807, 2.05) is 30.5 Å². The van der Waals surface area contributed by atoms with Crippen LogP contribution < -0.4 is 5.73 Å². The van der Waals surface area contributed by atoms with E-state index in [9.17, 15) is 9.90 Å². The maximum atomic E-state index is 16.0. The first-order valence-electron chi connectivity index (χ1n) is 21.6. The van der Waals surface area contributed by atoms with Gasteiger partial charge in [-0.1, -0.05) is 18.2 Å². The third kappa shape index (κ3) is 6.41. The lowest BCUT2D eigenvalue weighted by atomic mass is 9.83. The van der Waals surface area contributed by atoms with Crippen LogP contribution in [0, 0.1) is 31.4 Å². The van der Waals surface area contributed by atoms with E-state index < -0.39 is 23.5 Å². The number of nitrogens with two attached hydrogens (primary N) is 1. The highest BCUT2D eigenvalue weighted by Gasteiger charge is 2.58. The molecular formula is C47H49F2N11O4. The fourth-order valence-corrected chi connectivity index (χ4v) is 10.4. The highest BCUT2D eigenvalue weighted by atomic mass is 19.1. The molecule has 15 nitrogen and oxygen atoms in total. The number of nitrogens with zero attached hydrogens (tertiary/aromatic N) is 10. The molecule has 0 bridgehead atoms. The van der Waals surface area contributed by atoms with Gasteiger partial charge in [0.25, 0.3) is 5.91 Å². The summed E-state index contributed by atoms with van der Waals surface area (Å²) in [6.45, 7) is 12.4. The van der Waals surface area contributed by atoms with Gasteiger partial charge in [-0.15, -0.1) is 5.10 Å². The summed E-state index contributed by atoms with van der Waals surface area (Å²) in [6.07, 6.45) is 4.26. The first kappa shape index (κ1) is 41.3. The molecule has 2 fully saturated rings. The zero-order valence-corrected chi connectivity index (χ0v) is 36.7. The Balaban J connectivity index is 1.11. The molecular weight excluding hydrogens is 821 g/mol. The summed E-state index contributed by atoms with van der Waals surface area (Å²) in [4.78, 5) is 33.0. The minimum atomic E-state index is -1.41. The second-order valence-corrected chi connectivity index (χ2v) is 18.4. The molecule has 3 aliphatic rings. The summed E-state index contributed by atoms with van der Waals surface area (Å²) in [5.74, 6) is -0.579. The number of benzene rings is 3. The zero-order valence-electron chi connectivity index (χ0n) is 36.7. The Kier molecular flexibility index (Phi) is 9.45. The van der Waals surface area contributed by atoms with E-state index >= 15 is 13.6 Å². The molecule has 6 heterocycles. The molecule has 3 aromatic carbocycles. The van der Waals surface area contributed by atoms with E-state index in [0.29, 0.717) is 76.5 Å². The predicted octanol–water partition coefficient (Wildman–Crippen LogP) is 8.06. The van der Waals surface area contributed by atoms with Crippen LogP contribution in [0.25, 0.3) is 44.6 Å². The van der Waals surface area contributed by atoms with Crippen molar-refractivity contribution in [3.8, 4) is 22.8 Å². The molecule has 330 valence electrons. The van der Waals surface area contributed by atoms with Crippen molar-refractivity contribution in [1.29, 1.82) is 0 Å². The number of carbonyl (C=O) groups excluding carboxylic acids is 1. The Morgan fingerprint density at radius 1 is 1.00 bits per heavy atom. The second-order valence-electron chi connectivity index (χ2n) is 18.4. The molecule has 10 rings (SSSR count). The van der Waals surface area contributed by atoms with Crippen LogP contribution in [0.4, 0.5) is 13.6 Å². The van der Waals surface area contributed by atoms with Gasteiger partial charge in [-0.05, 0) is 125 Å². The minimum Gasteiger partial charge on any atom is -0.463 e. The van der Waals surface area contributed by atoms with Crippen molar-refractivity contribution >= 4 is 39.6 Å². The molecule has 2 aliphatic heterocycles. The van der Waals surface area contributed by atoms with Crippen LogP contribution in [0.2, 0.25) is 0 Å². The molecule has 17 heteroatoms. The molecule has 3 N–H and O–H groups in total. The molecule has 7 aromatic rings. The largest absolute Gasteiger partial charge is 0.463 e. The molecule has 4 atom stereocenters. The number of carboxylic acid groups (broad SMARTS) is 1. The van der Waals surface area contributed by atoms with E-state index in [4.69, 9.17) is 15.6 Å². The normalized spacial score (nSPS) is 22.0.